The van der Waals surface area contributed by atoms with E-state index >= 15 is 0 Å². The molecule has 3 N–H and O–H groups in total. The summed E-state index contributed by atoms with van der Waals surface area (Å²) in [6, 6.07) is 2.23. The summed E-state index contributed by atoms with van der Waals surface area (Å²) in [5, 5.41) is 0.277. The quantitative estimate of drug-likeness (QED) is 0.886. The predicted octanol–water partition coefficient (Wildman–Crippen LogP) is 2.80. The highest BCUT2D eigenvalue weighted by Crippen LogP contribution is 2.33. The van der Waals surface area contributed by atoms with Gasteiger partial charge in [0.05, 0.1) is 10.0 Å². The molecule has 2 atom stereocenters. The number of hydrogen-bond acceptors (Lipinski definition) is 3. The lowest BCUT2D eigenvalue weighted by Crippen LogP contribution is -2.44. The summed E-state index contributed by atoms with van der Waals surface area (Å²) in [7, 11) is -3.81. The molecule has 1 aliphatic carbocycles. The molecule has 0 spiro atoms. The van der Waals surface area contributed by atoms with E-state index in [0.717, 1.165) is 12.8 Å². The number of hydrogen-bond donors (Lipinski definition) is 2. The van der Waals surface area contributed by atoms with Gasteiger partial charge in [0, 0.05) is 17.1 Å². The molecule has 19 heavy (non-hydrogen) atoms. The Kier molecular flexibility index (Phi) is 4.65. The van der Waals surface area contributed by atoms with Crippen LogP contribution in [-0.4, -0.2) is 20.5 Å². The Morgan fingerprint density at radius 1 is 1.16 bits per heavy atom. The minimum atomic E-state index is -3.81. The first-order valence-electron chi connectivity index (χ1n) is 5.74. The fourth-order valence-electron chi connectivity index (χ4n) is 2.18. The summed E-state index contributed by atoms with van der Waals surface area (Å²) in [6.07, 6.45) is 2.41. The number of benzene rings is 1. The Morgan fingerprint density at radius 2 is 1.74 bits per heavy atom. The van der Waals surface area contributed by atoms with Crippen LogP contribution in [0.5, 0.6) is 0 Å². The zero-order valence-corrected chi connectivity index (χ0v) is 13.0. The van der Waals surface area contributed by atoms with Crippen molar-refractivity contribution in [2.24, 2.45) is 5.73 Å². The van der Waals surface area contributed by atoms with Crippen LogP contribution in [0.25, 0.3) is 0 Å². The molecule has 1 fully saturated rings. The van der Waals surface area contributed by atoms with E-state index in [9.17, 15) is 8.42 Å². The smallest absolute Gasteiger partial charge is 0.243 e. The number of sulfonamides is 1. The van der Waals surface area contributed by atoms with E-state index in [-0.39, 0.29) is 32.0 Å². The highest BCUT2D eigenvalue weighted by molar-refractivity contribution is 7.89. The first kappa shape index (κ1) is 15.4. The first-order valence-corrected chi connectivity index (χ1v) is 8.35. The number of rotatable bonds is 3. The standard InChI is InChI=1S/C11H13Cl3N2O2S/c12-6-4-7(13)11(8(14)5-6)19(17,18)16-10-3-1-2-9(10)15/h4-5,9-10,16H,1-3,15H2. The third-order valence-electron chi connectivity index (χ3n) is 3.11. The van der Waals surface area contributed by atoms with Crippen LogP contribution in [0, 0.1) is 0 Å². The summed E-state index contributed by atoms with van der Waals surface area (Å²) in [5.41, 5.74) is 5.85. The van der Waals surface area contributed by atoms with Gasteiger partial charge in [-0.3, -0.25) is 0 Å². The molecule has 1 aromatic rings. The van der Waals surface area contributed by atoms with Gasteiger partial charge in [0.1, 0.15) is 4.90 Å². The maximum absolute atomic E-state index is 12.3. The Balaban J connectivity index is 2.34. The zero-order chi connectivity index (χ0) is 14.2. The second-order valence-electron chi connectivity index (χ2n) is 4.52. The van der Waals surface area contributed by atoms with Gasteiger partial charge in [-0.2, -0.15) is 0 Å². The van der Waals surface area contributed by atoms with Crippen molar-refractivity contribution < 1.29 is 8.42 Å². The molecular formula is C11H13Cl3N2O2S. The molecule has 2 unspecified atom stereocenters. The molecule has 0 radical (unpaired) electrons. The first-order chi connectivity index (χ1) is 8.81. The van der Waals surface area contributed by atoms with E-state index in [2.05, 4.69) is 4.72 Å². The zero-order valence-electron chi connectivity index (χ0n) is 9.87. The molecule has 0 amide bonds. The van der Waals surface area contributed by atoms with Crippen molar-refractivity contribution in [3.05, 3.63) is 27.2 Å². The van der Waals surface area contributed by atoms with Crippen molar-refractivity contribution in [3.63, 3.8) is 0 Å². The van der Waals surface area contributed by atoms with E-state index in [4.69, 9.17) is 40.5 Å². The molecule has 0 bridgehead atoms. The molecule has 106 valence electrons. The normalized spacial score (nSPS) is 23.8. The van der Waals surface area contributed by atoms with Crippen LogP contribution in [0.2, 0.25) is 15.1 Å². The highest BCUT2D eigenvalue weighted by Gasteiger charge is 2.31. The molecule has 0 heterocycles. The SMILES string of the molecule is NC1CCCC1NS(=O)(=O)c1c(Cl)cc(Cl)cc1Cl. The lowest BCUT2D eigenvalue weighted by Gasteiger charge is -2.18. The van der Waals surface area contributed by atoms with Crippen molar-refractivity contribution >= 4 is 44.8 Å². The number of nitrogens with two attached hydrogens (primary N) is 1. The van der Waals surface area contributed by atoms with Gasteiger partial charge in [-0.25, -0.2) is 13.1 Å². The molecule has 0 saturated heterocycles. The molecule has 2 rings (SSSR count). The van der Waals surface area contributed by atoms with E-state index in [1.807, 2.05) is 0 Å². The molecule has 1 aromatic carbocycles. The second-order valence-corrected chi connectivity index (χ2v) is 7.42. The molecule has 4 nitrogen and oxygen atoms in total. The van der Waals surface area contributed by atoms with E-state index in [1.165, 1.54) is 12.1 Å². The van der Waals surface area contributed by atoms with Gasteiger partial charge in [-0.05, 0) is 25.0 Å². The lowest BCUT2D eigenvalue weighted by molar-refractivity contribution is 0.522. The lowest BCUT2D eigenvalue weighted by atomic mass is 10.2. The van der Waals surface area contributed by atoms with Gasteiger partial charge in [0.2, 0.25) is 10.0 Å². The van der Waals surface area contributed by atoms with E-state index < -0.39 is 10.0 Å². The van der Waals surface area contributed by atoms with Gasteiger partial charge in [0.25, 0.3) is 0 Å². The highest BCUT2D eigenvalue weighted by atomic mass is 35.5. The van der Waals surface area contributed by atoms with Crippen LogP contribution in [0.1, 0.15) is 19.3 Å². The Bertz CT molecular complexity index is 569. The van der Waals surface area contributed by atoms with Crippen LogP contribution >= 0.6 is 34.8 Å². The van der Waals surface area contributed by atoms with Gasteiger partial charge in [0.15, 0.2) is 0 Å². The minimum Gasteiger partial charge on any atom is -0.326 e. The van der Waals surface area contributed by atoms with Gasteiger partial charge in [-0.1, -0.05) is 41.2 Å². The maximum atomic E-state index is 12.3. The Labute approximate surface area is 127 Å². The summed E-state index contributed by atoms with van der Waals surface area (Å²) in [4.78, 5) is -0.153. The fraction of sp³-hybridized carbons (Fsp3) is 0.455. The summed E-state index contributed by atoms with van der Waals surface area (Å²) in [6.45, 7) is 0. The third kappa shape index (κ3) is 3.35. The third-order valence-corrected chi connectivity index (χ3v) is 5.74. The van der Waals surface area contributed by atoms with Crippen molar-refractivity contribution in [2.45, 2.75) is 36.2 Å². The van der Waals surface area contributed by atoms with Crippen LogP contribution in [0.15, 0.2) is 17.0 Å². The summed E-state index contributed by atoms with van der Waals surface area (Å²) >= 11 is 17.6. The predicted molar refractivity (Wildman–Crippen MR) is 77.4 cm³/mol. The summed E-state index contributed by atoms with van der Waals surface area (Å²) < 4.78 is 27.2. The van der Waals surface area contributed by atoms with Crippen molar-refractivity contribution in [2.75, 3.05) is 0 Å². The molecule has 8 heteroatoms. The van der Waals surface area contributed by atoms with Crippen LogP contribution in [0.4, 0.5) is 0 Å². The fourth-order valence-corrected chi connectivity index (χ4v) is 5.05. The minimum absolute atomic E-state index is 0.00318. The van der Waals surface area contributed by atoms with E-state index in [0.29, 0.717) is 6.42 Å². The average Bonchev–Trinajstić information content (AvgIpc) is 2.61. The Hall–Kier alpha value is -0.0400. The summed E-state index contributed by atoms with van der Waals surface area (Å²) in [5.74, 6) is 0. The molecule has 1 saturated carbocycles. The van der Waals surface area contributed by atoms with Gasteiger partial charge < -0.3 is 5.73 Å². The van der Waals surface area contributed by atoms with Crippen LogP contribution < -0.4 is 10.5 Å². The molecular weight excluding hydrogens is 331 g/mol. The van der Waals surface area contributed by atoms with Crippen molar-refractivity contribution in [3.8, 4) is 0 Å². The number of nitrogens with one attached hydrogen (secondary N) is 1. The van der Waals surface area contributed by atoms with E-state index in [1.54, 1.807) is 0 Å². The number of halogens is 3. The van der Waals surface area contributed by atoms with Crippen molar-refractivity contribution in [1.29, 1.82) is 0 Å². The topological polar surface area (TPSA) is 72.2 Å². The maximum Gasteiger partial charge on any atom is 0.243 e. The molecule has 0 aromatic heterocycles. The van der Waals surface area contributed by atoms with Gasteiger partial charge >= 0.3 is 0 Å². The van der Waals surface area contributed by atoms with Crippen LogP contribution in [0.3, 0.4) is 0 Å². The molecule has 0 aliphatic heterocycles. The average molecular weight is 344 g/mol. The largest absolute Gasteiger partial charge is 0.326 e. The van der Waals surface area contributed by atoms with Crippen molar-refractivity contribution in [1.82, 2.24) is 4.72 Å². The Morgan fingerprint density at radius 3 is 2.21 bits per heavy atom. The van der Waals surface area contributed by atoms with Gasteiger partial charge in [-0.15, -0.1) is 0 Å². The molecule has 1 aliphatic rings. The van der Waals surface area contributed by atoms with Crippen LogP contribution in [-0.2, 0) is 10.0 Å². The second kappa shape index (κ2) is 5.76. The monoisotopic (exact) mass is 342 g/mol.